The first-order chi connectivity index (χ1) is 6.32. The molecule has 0 aromatic carbocycles. The van der Waals surface area contributed by atoms with Crippen molar-refractivity contribution in [3.05, 3.63) is 32.7 Å². The molecule has 0 unspecified atom stereocenters. The van der Waals surface area contributed by atoms with Crippen molar-refractivity contribution in [1.29, 1.82) is 0 Å². The Morgan fingerprint density at radius 2 is 2.07 bits per heavy atom. The third-order valence-electron chi connectivity index (χ3n) is 2.16. The number of hydrogen-bond acceptors (Lipinski definition) is 2. The molecule has 1 aromatic rings. The van der Waals surface area contributed by atoms with Gasteiger partial charge in [-0.3, -0.25) is 4.79 Å². The van der Waals surface area contributed by atoms with Gasteiger partial charge in [0.2, 0.25) is 0 Å². The van der Waals surface area contributed by atoms with Gasteiger partial charge in [0.15, 0.2) is 0 Å². The first-order valence-electron chi connectivity index (χ1n) is 4.46. The van der Waals surface area contributed by atoms with E-state index < -0.39 is 0 Å². The van der Waals surface area contributed by atoms with Crippen molar-refractivity contribution in [1.82, 2.24) is 4.98 Å². The van der Waals surface area contributed by atoms with E-state index in [2.05, 4.69) is 20.9 Å². The molecule has 78 valence electrons. The monoisotopic (exact) mass is 258 g/mol. The van der Waals surface area contributed by atoms with Crippen LogP contribution >= 0.6 is 15.9 Å². The summed E-state index contributed by atoms with van der Waals surface area (Å²) in [6, 6.07) is 1.51. The quantitative estimate of drug-likeness (QED) is 0.812. The van der Waals surface area contributed by atoms with Gasteiger partial charge < -0.3 is 10.7 Å². The van der Waals surface area contributed by atoms with E-state index >= 15 is 0 Å². The van der Waals surface area contributed by atoms with Crippen LogP contribution in [0, 0.1) is 5.41 Å². The third kappa shape index (κ3) is 2.45. The zero-order valence-electron chi connectivity index (χ0n) is 8.60. The van der Waals surface area contributed by atoms with Crippen LogP contribution in [0.5, 0.6) is 0 Å². The summed E-state index contributed by atoms with van der Waals surface area (Å²) in [6.45, 7) is 6.04. The van der Waals surface area contributed by atoms with Gasteiger partial charge in [0.05, 0.1) is 0 Å². The number of aromatic nitrogens is 1. The summed E-state index contributed by atoms with van der Waals surface area (Å²) in [5, 5.41) is 0. The molecule has 0 bridgehead atoms. The molecule has 0 aliphatic carbocycles. The largest absolute Gasteiger partial charge is 0.328 e. The Labute approximate surface area is 91.8 Å². The lowest BCUT2D eigenvalue weighted by Crippen LogP contribution is -2.31. The van der Waals surface area contributed by atoms with E-state index in [1.54, 1.807) is 12.3 Å². The van der Waals surface area contributed by atoms with Crippen LogP contribution in [0.15, 0.2) is 21.5 Å². The normalized spacial score (nSPS) is 14.1. The number of hydrogen-bond donors (Lipinski definition) is 2. The summed E-state index contributed by atoms with van der Waals surface area (Å²) in [5.41, 5.74) is 6.39. The number of aromatic amines is 1. The van der Waals surface area contributed by atoms with Crippen molar-refractivity contribution < 1.29 is 0 Å². The highest BCUT2D eigenvalue weighted by Gasteiger charge is 2.24. The Morgan fingerprint density at radius 3 is 2.57 bits per heavy atom. The summed E-state index contributed by atoms with van der Waals surface area (Å²) in [7, 11) is 0. The molecule has 1 atom stereocenters. The van der Waals surface area contributed by atoms with Gasteiger partial charge in [0.1, 0.15) is 0 Å². The van der Waals surface area contributed by atoms with E-state index in [0.717, 1.165) is 4.47 Å². The second-order valence-electron chi connectivity index (χ2n) is 4.45. The van der Waals surface area contributed by atoms with E-state index in [9.17, 15) is 4.79 Å². The molecule has 4 heteroatoms. The van der Waals surface area contributed by atoms with Crippen molar-refractivity contribution in [2.45, 2.75) is 26.8 Å². The van der Waals surface area contributed by atoms with Crippen molar-refractivity contribution in [2.75, 3.05) is 0 Å². The molecule has 0 amide bonds. The van der Waals surface area contributed by atoms with Gasteiger partial charge in [-0.2, -0.15) is 0 Å². The molecule has 1 rings (SSSR count). The highest BCUT2D eigenvalue weighted by molar-refractivity contribution is 9.10. The lowest BCUT2D eigenvalue weighted by molar-refractivity contribution is 0.325. The van der Waals surface area contributed by atoms with E-state index in [-0.39, 0.29) is 17.0 Å². The van der Waals surface area contributed by atoms with Crippen LogP contribution in [0.4, 0.5) is 0 Å². The molecule has 1 heterocycles. The van der Waals surface area contributed by atoms with Crippen LogP contribution in [0.2, 0.25) is 0 Å². The molecule has 0 radical (unpaired) electrons. The van der Waals surface area contributed by atoms with Gasteiger partial charge >= 0.3 is 0 Å². The number of halogens is 1. The number of nitrogens with one attached hydrogen (secondary N) is 1. The molecule has 3 nitrogen and oxygen atoms in total. The molecule has 14 heavy (non-hydrogen) atoms. The molecule has 0 aliphatic rings. The molecule has 0 aliphatic heterocycles. The molecule has 3 N–H and O–H groups in total. The van der Waals surface area contributed by atoms with Crippen LogP contribution in [0.1, 0.15) is 32.4 Å². The van der Waals surface area contributed by atoms with Gasteiger partial charge in [0.25, 0.3) is 5.56 Å². The average Bonchev–Trinajstić information content (AvgIpc) is 2.06. The van der Waals surface area contributed by atoms with Crippen molar-refractivity contribution >= 4 is 15.9 Å². The van der Waals surface area contributed by atoms with Crippen molar-refractivity contribution in [3.8, 4) is 0 Å². The lowest BCUT2D eigenvalue weighted by Gasteiger charge is -2.26. The summed E-state index contributed by atoms with van der Waals surface area (Å²) in [4.78, 5) is 14.1. The Bertz CT molecular complexity index is 378. The van der Waals surface area contributed by atoms with Crippen LogP contribution in [-0.2, 0) is 0 Å². The second kappa shape index (κ2) is 3.87. The van der Waals surface area contributed by atoms with Crippen molar-refractivity contribution in [2.24, 2.45) is 11.1 Å². The Balaban J connectivity index is 3.19. The van der Waals surface area contributed by atoms with Crippen LogP contribution in [0.25, 0.3) is 0 Å². The number of H-pyrrole nitrogens is 1. The van der Waals surface area contributed by atoms with E-state index in [4.69, 9.17) is 5.73 Å². The van der Waals surface area contributed by atoms with Crippen molar-refractivity contribution in [3.63, 3.8) is 0 Å². The summed E-state index contributed by atoms with van der Waals surface area (Å²) < 4.78 is 0.840. The van der Waals surface area contributed by atoms with E-state index in [0.29, 0.717) is 5.56 Å². The number of rotatable bonds is 1. The molecule has 1 aromatic heterocycles. The van der Waals surface area contributed by atoms with E-state index in [1.807, 2.05) is 20.8 Å². The summed E-state index contributed by atoms with van der Waals surface area (Å²) >= 11 is 3.31. The van der Waals surface area contributed by atoms with E-state index in [1.165, 1.54) is 0 Å². The molecule has 0 fully saturated rings. The van der Waals surface area contributed by atoms with Gasteiger partial charge in [-0.1, -0.05) is 20.8 Å². The van der Waals surface area contributed by atoms with Gasteiger partial charge in [-0.25, -0.2) is 0 Å². The summed E-state index contributed by atoms with van der Waals surface area (Å²) in [5.74, 6) is 0. The fourth-order valence-corrected chi connectivity index (χ4v) is 1.53. The number of nitrogens with two attached hydrogens (primary N) is 1. The smallest absolute Gasteiger partial charge is 0.252 e. The topological polar surface area (TPSA) is 58.9 Å². The zero-order chi connectivity index (χ0) is 10.9. The van der Waals surface area contributed by atoms with Crippen LogP contribution < -0.4 is 11.3 Å². The predicted octanol–water partition coefficient (Wildman–Crippen LogP) is 2.18. The summed E-state index contributed by atoms with van der Waals surface area (Å²) in [6.07, 6.45) is 1.61. The van der Waals surface area contributed by atoms with Gasteiger partial charge in [-0.15, -0.1) is 0 Å². The Morgan fingerprint density at radius 1 is 1.50 bits per heavy atom. The average molecular weight is 259 g/mol. The van der Waals surface area contributed by atoms with Gasteiger partial charge in [-0.05, 0) is 27.4 Å². The maximum atomic E-state index is 11.5. The third-order valence-corrected chi connectivity index (χ3v) is 2.62. The molecule has 0 spiro atoms. The second-order valence-corrected chi connectivity index (χ2v) is 5.36. The minimum absolute atomic E-state index is 0.115. The molecule has 0 saturated carbocycles. The Kier molecular flexibility index (Phi) is 3.17. The van der Waals surface area contributed by atoms with Crippen LogP contribution in [-0.4, -0.2) is 4.98 Å². The minimum atomic E-state index is -0.260. The molecular formula is C10H15BrN2O. The highest BCUT2D eigenvalue weighted by atomic mass is 79.9. The maximum Gasteiger partial charge on any atom is 0.252 e. The minimum Gasteiger partial charge on any atom is -0.328 e. The zero-order valence-corrected chi connectivity index (χ0v) is 10.2. The SMILES string of the molecule is CC(C)(C)[C@@H](N)c1cc(Br)c[nH]c1=O. The molecular weight excluding hydrogens is 244 g/mol. The predicted molar refractivity (Wildman–Crippen MR) is 61.1 cm³/mol. The van der Waals surface area contributed by atoms with Gasteiger partial charge in [0, 0.05) is 22.3 Å². The fourth-order valence-electron chi connectivity index (χ4n) is 1.17. The lowest BCUT2D eigenvalue weighted by atomic mass is 9.83. The van der Waals surface area contributed by atoms with Crippen LogP contribution in [0.3, 0.4) is 0 Å². The number of pyridine rings is 1. The fraction of sp³-hybridized carbons (Fsp3) is 0.500. The first-order valence-corrected chi connectivity index (χ1v) is 5.25. The highest BCUT2D eigenvalue weighted by Crippen LogP contribution is 2.29. The standard InChI is InChI=1S/C10H15BrN2O/c1-10(2,3)8(12)7-4-6(11)5-13-9(7)14/h4-5,8H,12H2,1-3H3,(H,13,14)/t8-/m0/s1. The molecule has 0 saturated heterocycles. The Hall–Kier alpha value is -0.610. The maximum absolute atomic E-state index is 11.5. The first kappa shape index (κ1) is 11.5.